The van der Waals surface area contributed by atoms with E-state index in [2.05, 4.69) is 36.0 Å². The number of aromatic nitrogens is 5. The van der Waals surface area contributed by atoms with Gasteiger partial charge in [-0.15, -0.1) is 26.6 Å². The van der Waals surface area contributed by atoms with Crippen molar-refractivity contribution in [3.63, 3.8) is 0 Å². The lowest BCUT2D eigenvalue weighted by molar-refractivity contribution is -0.124. The van der Waals surface area contributed by atoms with Gasteiger partial charge in [0.05, 0.1) is 5.56 Å². The molecule has 3 heterocycles. The summed E-state index contributed by atoms with van der Waals surface area (Å²) in [5, 5.41) is 21.2. The largest absolute Gasteiger partial charge is 0.415 e. The summed E-state index contributed by atoms with van der Waals surface area (Å²) in [7, 11) is 1.56. The summed E-state index contributed by atoms with van der Waals surface area (Å²) in [6.45, 7) is -2.81. The van der Waals surface area contributed by atoms with Crippen molar-refractivity contribution >= 4 is 39.9 Å². The van der Waals surface area contributed by atoms with Crippen LogP contribution in [0.25, 0.3) is 0 Å². The molecule has 3 aromatic heterocycles. The fourth-order valence-electron chi connectivity index (χ4n) is 5.26. The summed E-state index contributed by atoms with van der Waals surface area (Å²) in [6, 6.07) is 1.14. The zero-order valence-corrected chi connectivity index (χ0v) is 22.8. The molecule has 3 N–H and O–H groups in total. The Bertz CT molecular complexity index is 1450. The molecule has 3 aromatic rings. The van der Waals surface area contributed by atoms with Crippen LogP contribution in [0.2, 0.25) is 0 Å². The van der Waals surface area contributed by atoms with E-state index >= 15 is 0 Å². The highest BCUT2D eigenvalue weighted by atomic mass is 32.1. The lowest BCUT2D eigenvalue weighted by Crippen LogP contribution is -2.36. The first-order chi connectivity index (χ1) is 19.7. The van der Waals surface area contributed by atoms with Crippen molar-refractivity contribution in [1.29, 1.82) is 0 Å². The van der Waals surface area contributed by atoms with Gasteiger partial charge in [0.1, 0.15) is 29.5 Å². The van der Waals surface area contributed by atoms with Gasteiger partial charge >= 0.3 is 6.61 Å². The quantitative estimate of drug-likeness (QED) is 0.303. The SMILES string of the molecule is Cn1nc(OC(F)F)cc1Nc1nncn1[C@H]1CCc2sc(NC(=O)[C@H]3C[C@H](F)C3)c(C(=O)NC[C@@H]3C[C@@H]3F)c2C1. The van der Waals surface area contributed by atoms with Gasteiger partial charge in [-0.25, -0.2) is 13.5 Å². The molecule has 0 radical (unpaired) electrons. The Kier molecular flexibility index (Phi) is 7.34. The topological polar surface area (TPSA) is 128 Å². The number of anilines is 3. The minimum Gasteiger partial charge on any atom is -0.415 e. The van der Waals surface area contributed by atoms with E-state index in [1.165, 1.54) is 28.4 Å². The number of rotatable bonds is 10. The van der Waals surface area contributed by atoms with Gasteiger partial charge in [0.15, 0.2) is 0 Å². The summed E-state index contributed by atoms with van der Waals surface area (Å²) < 4.78 is 59.5. The van der Waals surface area contributed by atoms with Crippen LogP contribution in [0.1, 0.15) is 52.5 Å². The molecule has 0 aromatic carbocycles. The van der Waals surface area contributed by atoms with Crippen molar-refractivity contribution in [3.05, 3.63) is 28.4 Å². The zero-order valence-electron chi connectivity index (χ0n) is 21.9. The molecule has 2 saturated carbocycles. The number of hydrogen-bond acceptors (Lipinski definition) is 8. The molecule has 220 valence electrons. The molecule has 0 spiro atoms. The maximum absolute atomic E-state index is 13.4. The first-order valence-corrected chi connectivity index (χ1v) is 14.1. The van der Waals surface area contributed by atoms with Crippen LogP contribution in [0.3, 0.4) is 0 Å². The molecule has 2 amide bonds. The Labute approximate surface area is 235 Å². The first kappa shape index (κ1) is 27.5. The van der Waals surface area contributed by atoms with Gasteiger partial charge in [-0.1, -0.05) is 0 Å². The number of carbonyl (C=O) groups excluding carboxylic acids is 2. The summed E-state index contributed by atoms with van der Waals surface area (Å²) >= 11 is 1.33. The highest BCUT2D eigenvalue weighted by molar-refractivity contribution is 7.17. The predicted octanol–water partition coefficient (Wildman–Crippen LogP) is 3.92. The molecule has 16 heteroatoms. The number of nitrogens with one attached hydrogen (secondary N) is 3. The number of halogens is 4. The van der Waals surface area contributed by atoms with Crippen LogP contribution in [0.5, 0.6) is 5.88 Å². The van der Waals surface area contributed by atoms with Crippen molar-refractivity contribution in [2.75, 3.05) is 17.2 Å². The summed E-state index contributed by atoms with van der Waals surface area (Å²) in [6.07, 6.45) is 2.09. The minimum absolute atomic E-state index is 0.163. The Morgan fingerprint density at radius 3 is 2.73 bits per heavy atom. The van der Waals surface area contributed by atoms with Crippen LogP contribution in [-0.2, 0) is 24.7 Å². The fourth-order valence-corrected chi connectivity index (χ4v) is 6.51. The third-order valence-electron chi connectivity index (χ3n) is 7.78. The maximum atomic E-state index is 13.4. The highest BCUT2D eigenvalue weighted by Gasteiger charge is 2.39. The number of ether oxygens (including phenoxy) is 1. The maximum Gasteiger partial charge on any atom is 0.388 e. The third kappa shape index (κ3) is 5.74. The van der Waals surface area contributed by atoms with Crippen molar-refractivity contribution in [2.24, 2.45) is 18.9 Å². The zero-order chi connectivity index (χ0) is 28.8. The lowest BCUT2D eigenvalue weighted by Gasteiger charge is -2.28. The third-order valence-corrected chi connectivity index (χ3v) is 8.99. The van der Waals surface area contributed by atoms with Gasteiger partial charge in [0.25, 0.3) is 5.91 Å². The van der Waals surface area contributed by atoms with Crippen LogP contribution in [0, 0.1) is 11.8 Å². The van der Waals surface area contributed by atoms with E-state index < -0.39 is 30.8 Å². The van der Waals surface area contributed by atoms with Gasteiger partial charge in [-0.05, 0) is 44.1 Å². The van der Waals surface area contributed by atoms with E-state index in [0.29, 0.717) is 48.0 Å². The number of aryl methyl sites for hydroxylation is 2. The molecular formula is C25H28F4N8O3S. The molecule has 3 aliphatic rings. The standard InChI is InChI=1S/C25H28F4N8O3S/c1-36-18(8-19(35-36)40-24(28)29)32-25-34-31-10-37(25)14-2-3-17-15(7-14)20(22(39)30-9-12-6-16(12)27)23(41-17)33-21(38)11-4-13(26)5-11/h8,10-14,16,24H,2-7,9H2,1H3,(H,30,39)(H,32,34)(H,33,38)/t11-,12-,13-,14-,16-/m0/s1. The molecule has 41 heavy (non-hydrogen) atoms. The number of fused-ring (bicyclic) bond motifs is 1. The van der Waals surface area contributed by atoms with Gasteiger partial charge in [-0.2, -0.15) is 8.78 Å². The fraction of sp³-hybridized carbons (Fsp3) is 0.560. The number of hydrogen-bond donors (Lipinski definition) is 3. The number of carbonyl (C=O) groups is 2. The molecule has 0 aliphatic heterocycles. The van der Waals surface area contributed by atoms with Crippen LogP contribution in [-0.4, -0.2) is 61.9 Å². The predicted molar refractivity (Wildman–Crippen MR) is 140 cm³/mol. The second kappa shape index (κ2) is 10.9. The Hall–Kier alpha value is -3.69. The average Bonchev–Trinajstić information content (AvgIpc) is 3.21. The summed E-state index contributed by atoms with van der Waals surface area (Å²) in [5.41, 5.74) is 1.12. The summed E-state index contributed by atoms with van der Waals surface area (Å²) in [5.74, 6) is -0.909. The van der Waals surface area contributed by atoms with E-state index in [0.717, 1.165) is 10.4 Å². The Balaban J connectivity index is 1.23. The molecule has 11 nitrogen and oxygen atoms in total. The van der Waals surface area contributed by atoms with E-state index in [1.807, 2.05) is 0 Å². The molecule has 3 atom stereocenters. The smallest absolute Gasteiger partial charge is 0.388 e. The van der Waals surface area contributed by atoms with Crippen molar-refractivity contribution in [1.82, 2.24) is 29.9 Å². The van der Waals surface area contributed by atoms with Crippen LogP contribution in [0.15, 0.2) is 12.4 Å². The number of nitrogens with zero attached hydrogens (tertiary/aromatic N) is 5. The number of alkyl halides is 4. The van der Waals surface area contributed by atoms with Gasteiger partial charge < -0.3 is 20.7 Å². The Morgan fingerprint density at radius 1 is 1.24 bits per heavy atom. The second-order valence-electron chi connectivity index (χ2n) is 10.6. The molecule has 0 saturated heterocycles. The average molecular weight is 597 g/mol. The number of thiophene rings is 1. The lowest BCUT2D eigenvalue weighted by atomic mass is 9.83. The van der Waals surface area contributed by atoms with Crippen molar-refractivity contribution < 1.29 is 31.9 Å². The van der Waals surface area contributed by atoms with Crippen LogP contribution in [0.4, 0.5) is 34.3 Å². The highest BCUT2D eigenvalue weighted by Crippen LogP contribution is 2.43. The van der Waals surface area contributed by atoms with E-state index in [4.69, 9.17) is 0 Å². The van der Waals surface area contributed by atoms with Crippen molar-refractivity contribution in [2.45, 2.75) is 63.5 Å². The van der Waals surface area contributed by atoms with E-state index in [1.54, 1.807) is 11.6 Å². The van der Waals surface area contributed by atoms with Gasteiger partial charge in [0.2, 0.25) is 17.7 Å². The van der Waals surface area contributed by atoms with E-state index in [9.17, 15) is 27.2 Å². The van der Waals surface area contributed by atoms with Gasteiger partial charge in [0, 0.05) is 42.4 Å². The Morgan fingerprint density at radius 2 is 2.02 bits per heavy atom. The molecule has 0 bridgehead atoms. The van der Waals surface area contributed by atoms with E-state index in [-0.39, 0.29) is 43.1 Å². The van der Waals surface area contributed by atoms with Crippen molar-refractivity contribution in [3.8, 4) is 5.88 Å². The molecule has 6 rings (SSSR count). The normalized spacial score (nSPS) is 24.9. The molecule has 0 unspecified atom stereocenters. The van der Waals surface area contributed by atoms with Gasteiger partial charge in [-0.3, -0.25) is 14.2 Å². The first-order valence-electron chi connectivity index (χ1n) is 13.3. The molecule has 2 fully saturated rings. The molecular weight excluding hydrogens is 568 g/mol. The van der Waals surface area contributed by atoms with Crippen LogP contribution >= 0.6 is 11.3 Å². The second-order valence-corrected chi connectivity index (χ2v) is 11.7. The number of amides is 2. The minimum atomic E-state index is -3.01. The molecule has 3 aliphatic carbocycles. The summed E-state index contributed by atoms with van der Waals surface area (Å²) in [4.78, 5) is 27.1. The van der Waals surface area contributed by atoms with Crippen LogP contribution < -0.4 is 20.7 Å². The monoisotopic (exact) mass is 596 g/mol.